The number of hydrogen-bond acceptors (Lipinski definition) is 2. The maximum Gasteiger partial charge on any atom is 0.249 e. The molecule has 1 aromatic carbocycles. The fourth-order valence-electron chi connectivity index (χ4n) is 1.86. The number of aryl methyl sites for hydroxylation is 2. The first-order valence-corrected chi connectivity index (χ1v) is 7.09. The molecule has 108 valence electrons. The zero-order chi connectivity index (χ0) is 15.4. The van der Waals surface area contributed by atoms with Crippen molar-refractivity contribution in [1.82, 2.24) is 4.98 Å². The fraction of sp³-hybridized carbons (Fsp3) is 0.125. The summed E-state index contributed by atoms with van der Waals surface area (Å²) in [7, 11) is 0. The van der Waals surface area contributed by atoms with Crippen LogP contribution in [-0.2, 0) is 4.79 Å². The molecule has 1 aromatic heterocycles. The van der Waals surface area contributed by atoms with E-state index in [-0.39, 0.29) is 5.91 Å². The number of rotatable bonds is 3. The molecule has 3 nitrogen and oxygen atoms in total. The van der Waals surface area contributed by atoms with E-state index in [1.807, 2.05) is 26.0 Å². The van der Waals surface area contributed by atoms with Gasteiger partial charge in [0.15, 0.2) is 0 Å². The van der Waals surface area contributed by atoms with Crippen molar-refractivity contribution in [2.24, 2.45) is 0 Å². The summed E-state index contributed by atoms with van der Waals surface area (Å²) in [6.45, 7) is 3.84. The molecule has 1 heterocycles. The van der Waals surface area contributed by atoms with E-state index in [4.69, 9.17) is 23.2 Å². The molecular weight excluding hydrogens is 307 g/mol. The SMILES string of the molecule is Cc1cc(C)nc(NC(=O)C=Cc2ccc(Cl)c(Cl)c2)c1. The number of pyridine rings is 1. The van der Waals surface area contributed by atoms with Gasteiger partial charge in [0.1, 0.15) is 5.82 Å². The third-order valence-electron chi connectivity index (χ3n) is 2.72. The zero-order valence-corrected chi connectivity index (χ0v) is 13.2. The van der Waals surface area contributed by atoms with E-state index in [0.29, 0.717) is 15.9 Å². The van der Waals surface area contributed by atoms with Crippen LogP contribution in [0.4, 0.5) is 5.82 Å². The summed E-state index contributed by atoms with van der Waals surface area (Å²) in [6, 6.07) is 8.93. The van der Waals surface area contributed by atoms with Crippen molar-refractivity contribution in [3.8, 4) is 0 Å². The average Bonchev–Trinajstić information content (AvgIpc) is 2.39. The van der Waals surface area contributed by atoms with E-state index in [0.717, 1.165) is 16.8 Å². The lowest BCUT2D eigenvalue weighted by atomic mass is 10.2. The molecule has 0 unspecified atom stereocenters. The zero-order valence-electron chi connectivity index (χ0n) is 11.7. The molecule has 2 rings (SSSR count). The Bertz CT molecular complexity index is 691. The molecule has 1 N–H and O–H groups in total. The maximum atomic E-state index is 11.9. The molecule has 0 saturated heterocycles. The number of nitrogens with one attached hydrogen (secondary N) is 1. The summed E-state index contributed by atoms with van der Waals surface area (Å²) in [5, 5.41) is 3.66. The van der Waals surface area contributed by atoms with Gasteiger partial charge in [0, 0.05) is 11.8 Å². The maximum absolute atomic E-state index is 11.9. The standard InChI is InChI=1S/C16H14Cl2N2O/c1-10-7-11(2)19-15(8-10)20-16(21)6-4-12-3-5-13(17)14(18)9-12/h3-9H,1-2H3,(H,19,20,21). The predicted octanol–water partition coefficient (Wildman–Crippen LogP) is 4.66. The number of amides is 1. The van der Waals surface area contributed by atoms with Gasteiger partial charge in [-0.15, -0.1) is 0 Å². The Hall–Kier alpha value is -1.84. The molecule has 0 aliphatic carbocycles. The molecular formula is C16H14Cl2N2O. The van der Waals surface area contributed by atoms with Crippen molar-refractivity contribution >= 4 is 41.0 Å². The summed E-state index contributed by atoms with van der Waals surface area (Å²) in [5.41, 5.74) is 2.71. The number of hydrogen-bond donors (Lipinski definition) is 1. The van der Waals surface area contributed by atoms with Crippen molar-refractivity contribution in [3.05, 3.63) is 63.3 Å². The van der Waals surface area contributed by atoms with Crippen LogP contribution in [0.15, 0.2) is 36.4 Å². The van der Waals surface area contributed by atoms with Crippen molar-refractivity contribution < 1.29 is 4.79 Å². The van der Waals surface area contributed by atoms with Crippen LogP contribution in [0, 0.1) is 13.8 Å². The van der Waals surface area contributed by atoms with Crippen LogP contribution < -0.4 is 5.32 Å². The van der Waals surface area contributed by atoms with Gasteiger partial charge < -0.3 is 5.32 Å². The van der Waals surface area contributed by atoms with Gasteiger partial charge in [-0.1, -0.05) is 29.3 Å². The van der Waals surface area contributed by atoms with E-state index >= 15 is 0 Å². The quantitative estimate of drug-likeness (QED) is 0.836. The number of carbonyl (C=O) groups excluding carboxylic acids is 1. The molecule has 0 spiro atoms. The minimum atomic E-state index is -0.251. The first kappa shape index (κ1) is 15.5. The Kier molecular flexibility index (Phi) is 4.99. The number of nitrogens with zero attached hydrogens (tertiary/aromatic N) is 1. The highest BCUT2D eigenvalue weighted by Crippen LogP contribution is 2.23. The lowest BCUT2D eigenvalue weighted by Gasteiger charge is -2.04. The average molecular weight is 321 g/mol. The van der Waals surface area contributed by atoms with E-state index in [1.165, 1.54) is 6.08 Å². The van der Waals surface area contributed by atoms with Crippen LogP contribution in [0.3, 0.4) is 0 Å². The second-order valence-electron chi connectivity index (χ2n) is 4.67. The first-order valence-electron chi connectivity index (χ1n) is 6.33. The van der Waals surface area contributed by atoms with Gasteiger partial charge in [0.2, 0.25) is 5.91 Å². The smallest absolute Gasteiger partial charge is 0.249 e. The summed E-state index contributed by atoms with van der Waals surface area (Å²) in [4.78, 5) is 16.1. The predicted molar refractivity (Wildman–Crippen MR) is 87.8 cm³/mol. The fourth-order valence-corrected chi connectivity index (χ4v) is 2.17. The minimum Gasteiger partial charge on any atom is -0.307 e. The largest absolute Gasteiger partial charge is 0.307 e. The highest BCUT2D eigenvalue weighted by molar-refractivity contribution is 6.42. The lowest BCUT2D eigenvalue weighted by molar-refractivity contribution is -0.111. The lowest BCUT2D eigenvalue weighted by Crippen LogP contribution is -2.09. The molecule has 0 aliphatic rings. The molecule has 21 heavy (non-hydrogen) atoms. The van der Waals surface area contributed by atoms with Crippen molar-refractivity contribution in [2.75, 3.05) is 5.32 Å². The minimum absolute atomic E-state index is 0.251. The van der Waals surface area contributed by atoms with Gasteiger partial charge in [-0.2, -0.15) is 0 Å². The Morgan fingerprint density at radius 2 is 1.90 bits per heavy atom. The van der Waals surface area contributed by atoms with Crippen molar-refractivity contribution in [1.29, 1.82) is 0 Å². The molecule has 0 radical (unpaired) electrons. The molecule has 2 aromatic rings. The highest BCUT2D eigenvalue weighted by atomic mass is 35.5. The van der Waals surface area contributed by atoms with E-state index in [2.05, 4.69) is 10.3 Å². The molecule has 0 atom stereocenters. The van der Waals surface area contributed by atoms with Gasteiger partial charge >= 0.3 is 0 Å². The Labute approximate surface area is 133 Å². The normalized spacial score (nSPS) is 10.9. The second-order valence-corrected chi connectivity index (χ2v) is 5.48. The highest BCUT2D eigenvalue weighted by Gasteiger charge is 2.02. The molecule has 0 aliphatic heterocycles. The molecule has 0 fully saturated rings. The summed E-state index contributed by atoms with van der Waals surface area (Å²) >= 11 is 11.8. The van der Waals surface area contributed by atoms with Crippen LogP contribution in [0.5, 0.6) is 0 Å². The molecule has 5 heteroatoms. The third kappa shape index (κ3) is 4.59. The Balaban J connectivity index is 2.07. The number of halogens is 2. The number of anilines is 1. The Morgan fingerprint density at radius 1 is 1.14 bits per heavy atom. The van der Waals surface area contributed by atoms with Gasteiger partial charge in [0.25, 0.3) is 0 Å². The third-order valence-corrected chi connectivity index (χ3v) is 3.46. The summed E-state index contributed by atoms with van der Waals surface area (Å²) in [6.07, 6.45) is 3.10. The van der Waals surface area contributed by atoms with Crippen LogP contribution >= 0.6 is 23.2 Å². The number of benzene rings is 1. The van der Waals surface area contributed by atoms with Gasteiger partial charge in [-0.3, -0.25) is 4.79 Å². The van der Waals surface area contributed by atoms with Crippen LogP contribution in [-0.4, -0.2) is 10.9 Å². The first-order chi connectivity index (χ1) is 9.94. The topological polar surface area (TPSA) is 42.0 Å². The Morgan fingerprint density at radius 3 is 2.57 bits per heavy atom. The summed E-state index contributed by atoms with van der Waals surface area (Å²) in [5.74, 6) is 0.287. The van der Waals surface area contributed by atoms with Gasteiger partial charge in [-0.05, 0) is 55.3 Å². The van der Waals surface area contributed by atoms with Gasteiger partial charge in [0.05, 0.1) is 10.0 Å². The van der Waals surface area contributed by atoms with Gasteiger partial charge in [-0.25, -0.2) is 4.98 Å². The molecule has 0 bridgehead atoms. The van der Waals surface area contributed by atoms with E-state index in [9.17, 15) is 4.79 Å². The molecule has 1 amide bonds. The van der Waals surface area contributed by atoms with Crippen LogP contribution in [0.25, 0.3) is 6.08 Å². The number of aromatic nitrogens is 1. The molecule has 0 saturated carbocycles. The monoisotopic (exact) mass is 320 g/mol. The van der Waals surface area contributed by atoms with Crippen LogP contribution in [0.1, 0.15) is 16.8 Å². The van der Waals surface area contributed by atoms with E-state index < -0.39 is 0 Å². The van der Waals surface area contributed by atoms with Crippen molar-refractivity contribution in [3.63, 3.8) is 0 Å². The van der Waals surface area contributed by atoms with Crippen molar-refractivity contribution in [2.45, 2.75) is 13.8 Å². The summed E-state index contributed by atoms with van der Waals surface area (Å²) < 4.78 is 0. The second kappa shape index (κ2) is 6.74. The van der Waals surface area contributed by atoms with Crippen LogP contribution in [0.2, 0.25) is 10.0 Å². The van der Waals surface area contributed by atoms with E-state index in [1.54, 1.807) is 24.3 Å². The number of carbonyl (C=O) groups is 1.